The normalized spacial score (nSPS) is 10.7. The molecule has 0 saturated carbocycles. The van der Waals surface area contributed by atoms with E-state index in [4.69, 9.17) is 0 Å². The number of halogens is 4. The molecule has 0 unspecified atom stereocenters. The Morgan fingerprint density at radius 3 is 1.90 bits per heavy atom. The average molecular weight is 577 g/mol. The predicted octanol–water partition coefficient (Wildman–Crippen LogP) is 11.3. The van der Waals surface area contributed by atoms with Crippen LogP contribution >= 0.6 is 0 Å². The van der Waals surface area contributed by atoms with E-state index < -0.39 is 17.6 Å². The fourth-order valence-corrected chi connectivity index (χ4v) is 4.79. The molecule has 0 heterocycles. The summed E-state index contributed by atoms with van der Waals surface area (Å²) >= 11 is 0. The van der Waals surface area contributed by atoms with Crippen LogP contribution in [0, 0.1) is 25.5 Å². The first-order valence-electron chi connectivity index (χ1n) is 14.7. The second-order valence-electron chi connectivity index (χ2n) is 10.4. The molecule has 0 atom stereocenters. The van der Waals surface area contributed by atoms with Gasteiger partial charge in [0.2, 0.25) is 0 Å². The third-order valence-corrected chi connectivity index (χ3v) is 6.91. The van der Waals surface area contributed by atoms with Crippen molar-refractivity contribution >= 4 is 0 Å². The minimum Gasteiger partial charge on any atom is -0.207 e. The van der Waals surface area contributed by atoms with Crippen molar-refractivity contribution in [2.75, 3.05) is 0 Å². The van der Waals surface area contributed by atoms with Crippen molar-refractivity contribution in [3.8, 4) is 0 Å². The molecule has 0 spiro atoms. The summed E-state index contributed by atoms with van der Waals surface area (Å²) < 4.78 is 55.0. The molecule has 0 aliphatic heterocycles. The van der Waals surface area contributed by atoms with Crippen molar-refractivity contribution in [3.63, 3.8) is 0 Å². The van der Waals surface area contributed by atoms with Gasteiger partial charge in [-0.15, -0.1) is 6.58 Å². The Kier molecular flexibility index (Phi) is 13.7. The van der Waals surface area contributed by atoms with Crippen LogP contribution in [0.4, 0.5) is 17.6 Å². The van der Waals surface area contributed by atoms with Gasteiger partial charge in [-0.1, -0.05) is 87.0 Å². The number of hydrogen-bond donors (Lipinski definition) is 0. The lowest BCUT2D eigenvalue weighted by Crippen LogP contribution is -2.09. The van der Waals surface area contributed by atoms with Crippen LogP contribution in [0.25, 0.3) is 0 Å². The molecule has 0 saturated heterocycles. The van der Waals surface area contributed by atoms with Crippen LogP contribution in [0.3, 0.4) is 0 Å². The lowest BCUT2D eigenvalue weighted by Gasteiger charge is -2.17. The van der Waals surface area contributed by atoms with Crippen molar-refractivity contribution in [2.24, 2.45) is 0 Å². The van der Waals surface area contributed by atoms with Gasteiger partial charge < -0.3 is 0 Å². The highest BCUT2D eigenvalue weighted by molar-refractivity contribution is 5.42. The molecule has 0 amide bonds. The summed E-state index contributed by atoms with van der Waals surface area (Å²) in [5.74, 6) is -4.34. The van der Waals surface area contributed by atoms with Gasteiger partial charge in [0.15, 0.2) is 0 Å². The zero-order valence-corrected chi connectivity index (χ0v) is 25.8. The van der Waals surface area contributed by atoms with E-state index in [1.54, 1.807) is 6.07 Å². The molecule has 42 heavy (non-hydrogen) atoms. The second kappa shape index (κ2) is 16.7. The standard InChI is InChI=1S/C25H24F4.C11H14.C2H6/c1-4-17-7-16(2)8-18(9-17)10-20-5-6-22(25(3,28)29)14-21(20)11-19-12-23(26)15-24(27)13-19;1-3-4-8-11-9-6-5-7-10(11)2;1-2/h5-9,12-15H,4,10-11H2,1-3H3;3,5-7,9H,1,4,8H2,2H3;1-2H3. The maximum absolute atomic E-state index is 13.9. The van der Waals surface area contributed by atoms with Gasteiger partial charge in [0, 0.05) is 18.6 Å². The van der Waals surface area contributed by atoms with Crippen molar-refractivity contribution in [1.29, 1.82) is 0 Å². The zero-order chi connectivity index (χ0) is 31.3. The molecular weight excluding hydrogens is 532 g/mol. The molecule has 0 bridgehead atoms. The Morgan fingerprint density at radius 1 is 0.714 bits per heavy atom. The van der Waals surface area contributed by atoms with E-state index in [1.165, 1.54) is 41.0 Å². The molecule has 0 nitrogen and oxygen atoms in total. The summed E-state index contributed by atoms with van der Waals surface area (Å²) in [6.07, 6.45) is 5.82. The number of aryl methyl sites for hydroxylation is 4. The van der Waals surface area contributed by atoms with E-state index in [1.807, 2.05) is 26.8 Å². The predicted molar refractivity (Wildman–Crippen MR) is 170 cm³/mol. The van der Waals surface area contributed by atoms with Crippen LogP contribution in [0.15, 0.2) is 91.5 Å². The van der Waals surface area contributed by atoms with Crippen LogP contribution in [0.1, 0.15) is 84.2 Å². The van der Waals surface area contributed by atoms with Crippen LogP contribution in [-0.4, -0.2) is 0 Å². The fourth-order valence-electron chi connectivity index (χ4n) is 4.79. The molecule has 4 aromatic carbocycles. The molecule has 4 heteroatoms. The van der Waals surface area contributed by atoms with E-state index in [-0.39, 0.29) is 12.0 Å². The average Bonchev–Trinajstić information content (AvgIpc) is 2.93. The topological polar surface area (TPSA) is 0 Å². The van der Waals surface area contributed by atoms with Crippen LogP contribution < -0.4 is 0 Å². The van der Waals surface area contributed by atoms with Gasteiger partial charge in [-0.05, 0) is 103 Å². The van der Waals surface area contributed by atoms with Crippen LogP contribution in [-0.2, 0) is 31.6 Å². The highest BCUT2D eigenvalue weighted by Gasteiger charge is 2.25. The van der Waals surface area contributed by atoms with Crippen LogP contribution in [0.2, 0.25) is 0 Å². The van der Waals surface area contributed by atoms with Gasteiger partial charge >= 0.3 is 0 Å². The Morgan fingerprint density at radius 2 is 1.31 bits per heavy atom. The molecular formula is C38H44F4. The first-order valence-corrected chi connectivity index (χ1v) is 14.7. The van der Waals surface area contributed by atoms with Gasteiger partial charge in [-0.25, -0.2) is 17.6 Å². The first kappa shape index (κ1) is 34.5. The second-order valence-corrected chi connectivity index (χ2v) is 10.4. The van der Waals surface area contributed by atoms with Crippen LogP contribution in [0.5, 0.6) is 0 Å². The van der Waals surface area contributed by atoms with Crippen molar-refractivity contribution in [2.45, 2.75) is 79.6 Å². The maximum Gasteiger partial charge on any atom is 0.270 e. The van der Waals surface area contributed by atoms with Gasteiger partial charge in [0.05, 0.1) is 0 Å². The first-order chi connectivity index (χ1) is 20.0. The zero-order valence-electron chi connectivity index (χ0n) is 25.8. The van der Waals surface area contributed by atoms with Crippen molar-refractivity contribution < 1.29 is 17.6 Å². The van der Waals surface area contributed by atoms with E-state index in [9.17, 15) is 17.6 Å². The number of hydrogen-bond acceptors (Lipinski definition) is 0. The Hall–Kier alpha value is -3.66. The monoisotopic (exact) mass is 576 g/mol. The lowest BCUT2D eigenvalue weighted by atomic mass is 9.91. The van der Waals surface area contributed by atoms with Gasteiger partial charge in [0.25, 0.3) is 5.92 Å². The fraction of sp³-hybridized carbons (Fsp3) is 0.316. The van der Waals surface area contributed by atoms with Gasteiger partial charge in [-0.2, -0.15) is 0 Å². The Balaban J connectivity index is 0.000000396. The molecule has 224 valence electrons. The minimum absolute atomic E-state index is 0.105. The largest absolute Gasteiger partial charge is 0.270 e. The highest BCUT2D eigenvalue weighted by Crippen LogP contribution is 2.30. The summed E-state index contributed by atoms with van der Waals surface area (Å²) in [6.45, 7) is 14.8. The van der Waals surface area contributed by atoms with E-state index in [2.05, 4.69) is 62.9 Å². The van der Waals surface area contributed by atoms with Gasteiger partial charge in [0.1, 0.15) is 11.6 Å². The maximum atomic E-state index is 13.9. The molecule has 0 fully saturated rings. The molecule has 0 aromatic heterocycles. The quantitative estimate of drug-likeness (QED) is 0.137. The SMILES string of the molecule is C=CCCc1ccccc1C.CC.CCc1cc(C)cc(Cc2ccc(C(C)(F)F)cc2Cc2cc(F)cc(F)c2)c1. The van der Waals surface area contributed by atoms with Crippen molar-refractivity contribution in [3.05, 3.63) is 153 Å². The molecule has 0 aliphatic carbocycles. The summed E-state index contributed by atoms with van der Waals surface area (Å²) in [6, 6.07) is 22.7. The number of alkyl halides is 2. The Bertz CT molecular complexity index is 1410. The lowest BCUT2D eigenvalue weighted by molar-refractivity contribution is 0.0174. The number of benzene rings is 4. The molecule has 4 rings (SSSR count). The molecule has 0 radical (unpaired) electrons. The van der Waals surface area contributed by atoms with Gasteiger partial charge in [-0.3, -0.25) is 0 Å². The summed E-state index contributed by atoms with van der Waals surface area (Å²) in [7, 11) is 0. The molecule has 4 aromatic rings. The number of rotatable bonds is 9. The third-order valence-electron chi connectivity index (χ3n) is 6.91. The highest BCUT2D eigenvalue weighted by atomic mass is 19.3. The van der Waals surface area contributed by atoms with E-state index in [0.29, 0.717) is 17.5 Å². The Labute approximate surface area is 250 Å². The summed E-state index contributed by atoms with van der Waals surface area (Å²) in [5, 5.41) is 0. The summed E-state index contributed by atoms with van der Waals surface area (Å²) in [4.78, 5) is 0. The number of allylic oxidation sites excluding steroid dienone is 1. The molecule has 0 N–H and O–H groups in total. The van der Waals surface area contributed by atoms with E-state index in [0.717, 1.165) is 48.9 Å². The minimum atomic E-state index is -2.99. The van der Waals surface area contributed by atoms with Crippen molar-refractivity contribution in [1.82, 2.24) is 0 Å². The molecule has 0 aliphatic rings. The smallest absolute Gasteiger partial charge is 0.207 e. The summed E-state index contributed by atoms with van der Waals surface area (Å²) in [5.41, 5.74) is 8.09. The third kappa shape index (κ3) is 11.0. The van der Waals surface area contributed by atoms with E-state index >= 15 is 0 Å².